The molecule has 2 aromatic carbocycles. The van der Waals surface area contributed by atoms with Crippen molar-refractivity contribution in [3.63, 3.8) is 0 Å². The Morgan fingerprint density at radius 1 is 1.03 bits per heavy atom. The van der Waals surface area contributed by atoms with E-state index in [1.54, 1.807) is 16.8 Å². The van der Waals surface area contributed by atoms with Gasteiger partial charge in [-0.2, -0.15) is 13.2 Å². The fourth-order valence-electron chi connectivity index (χ4n) is 3.55. The smallest absolute Gasteiger partial charge is 0.394 e. The molecular formula is C21H20F3N3O2. The minimum Gasteiger partial charge on any atom is -0.394 e. The van der Waals surface area contributed by atoms with Crippen molar-refractivity contribution < 1.29 is 17.9 Å². The number of aromatic nitrogens is 1. The van der Waals surface area contributed by atoms with Gasteiger partial charge in [-0.1, -0.05) is 12.1 Å². The zero-order valence-electron chi connectivity index (χ0n) is 15.6. The highest BCUT2D eigenvalue weighted by atomic mass is 19.4. The molecule has 2 heterocycles. The van der Waals surface area contributed by atoms with Crippen molar-refractivity contribution in [2.45, 2.75) is 12.7 Å². The quantitative estimate of drug-likeness (QED) is 0.727. The second kappa shape index (κ2) is 7.44. The maximum absolute atomic E-state index is 12.8. The van der Waals surface area contributed by atoms with Crippen LogP contribution in [0.5, 0.6) is 0 Å². The fraction of sp³-hybridized carbons (Fsp3) is 0.286. The van der Waals surface area contributed by atoms with Crippen molar-refractivity contribution in [3.05, 3.63) is 70.0 Å². The number of halogens is 3. The third-order valence-electron chi connectivity index (χ3n) is 5.10. The number of nitrogens with two attached hydrogens (primary N) is 1. The molecule has 5 nitrogen and oxygen atoms in total. The molecule has 0 unspecified atom stereocenters. The Morgan fingerprint density at radius 3 is 2.38 bits per heavy atom. The Bertz CT molecular complexity index is 1090. The number of nitrogen functional groups attached to an aromatic ring is 1. The summed E-state index contributed by atoms with van der Waals surface area (Å²) >= 11 is 0. The number of fused-ring (bicyclic) bond motifs is 1. The molecule has 0 spiro atoms. The lowest BCUT2D eigenvalue weighted by Gasteiger charge is -2.29. The number of hydrogen-bond donors (Lipinski definition) is 1. The molecule has 8 heteroatoms. The lowest BCUT2D eigenvalue weighted by atomic mass is 10.1. The Hall–Kier alpha value is -3.00. The van der Waals surface area contributed by atoms with E-state index >= 15 is 0 Å². The number of alkyl halides is 3. The van der Waals surface area contributed by atoms with E-state index in [2.05, 4.69) is 4.90 Å². The van der Waals surface area contributed by atoms with E-state index in [9.17, 15) is 18.0 Å². The van der Waals surface area contributed by atoms with E-state index < -0.39 is 11.7 Å². The third-order valence-corrected chi connectivity index (χ3v) is 5.10. The van der Waals surface area contributed by atoms with Crippen molar-refractivity contribution in [2.75, 3.05) is 36.9 Å². The van der Waals surface area contributed by atoms with Gasteiger partial charge in [-0.15, -0.1) is 0 Å². The number of benzene rings is 2. The van der Waals surface area contributed by atoms with Crippen molar-refractivity contribution in [1.29, 1.82) is 0 Å². The Morgan fingerprint density at radius 2 is 1.72 bits per heavy atom. The summed E-state index contributed by atoms with van der Waals surface area (Å²) in [5, 5.41) is 0.480. The van der Waals surface area contributed by atoms with E-state index in [1.165, 1.54) is 12.1 Å². The predicted molar refractivity (Wildman–Crippen MR) is 106 cm³/mol. The van der Waals surface area contributed by atoms with Gasteiger partial charge >= 0.3 is 6.18 Å². The highest BCUT2D eigenvalue weighted by Gasteiger charge is 2.29. The van der Waals surface area contributed by atoms with Crippen LogP contribution in [0.3, 0.4) is 0 Å². The van der Waals surface area contributed by atoms with Crippen molar-refractivity contribution in [3.8, 4) is 0 Å². The second-order valence-corrected chi connectivity index (χ2v) is 7.04. The second-order valence-electron chi connectivity index (χ2n) is 7.04. The third kappa shape index (κ3) is 3.93. The summed E-state index contributed by atoms with van der Waals surface area (Å²) in [4.78, 5) is 14.7. The van der Waals surface area contributed by atoms with Crippen LogP contribution in [0.4, 0.5) is 24.5 Å². The van der Waals surface area contributed by atoms with Crippen molar-refractivity contribution in [1.82, 2.24) is 4.57 Å². The molecule has 0 bridgehead atoms. The minimum absolute atomic E-state index is 0.100. The highest BCUT2D eigenvalue weighted by Crippen LogP contribution is 2.29. The Kier molecular flexibility index (Phi) is 4.96. The zero-order chi connectivity index (χ0) is 20.6. The van der Waals surface area contributed by atoms with Gasteiger partial charge in [0, 0.05) is 36.9 Å². The van der Waals surface area contributed by atoms with Crippen LogP contribution in [0.15, 0.2) is 53.5 Å². The van der Waals surface area contributed by atoms with E-state index in [0.29, 0.717) is 36.2 Å². The number of nitrogens with zero attached hydrogens (tertiary/aromatic N) is 2. The summed E-state index contributed by atoms with van der Waals surface area (Å²) in [6.45, 7) is 3.08. The summed E-state index contributed by atoms with van der Waals surface area (Å²) in [5.74, 6) is 0. The monoisotopic (exact) mass is 403 g/mol. The molecule has 2 N–H and O–H groups in total. The molecule has 152 valence electrons. The van der Waals surface area contributed by atoms with Crippen LogP contribution in [-0.2, 0) is 17.5 Å². The molecule has 1 aliphatic heterocycles. The van der Waals surface area contributed by atoms with Crippen molar-refractivity contribution >= 4 is 22.3 Å². The summed E-state index contributed by atoms with van der Waals surface area (Å²) in [5.41, 5.74) is 7.38. The van der Waals surface area contributed by atoms with Gasteiger partial charge in [-0.05, 0) is 35.9 Å². The van der Waals surface area contributed by atoms with Crippen LogP contribution in [-0.4, -0.2) is 30.9 Å². The molecule has 0 saturated carbocycles. The summed E-state index contributed by atoms with van der Waals surface area (Å²) in [6, 6.07) is 10.6. The summed E-state index contributed by atoms with van der Waals surface area (Å²) in [7, 11) is 0. The molecule has 1 saturated heterocycles. The number of ether oxygens (including phenoxy) is 1. The molecule has 1 fully saturated rings. The first-order valence-electron chi connectivity index (χ1n) is 9.24. The Balaban J connectivity index is 1.74. The molecule has 4 rings (SSSR count). The number of pyridine rings is 1. The molecule has 3 aromatic rings. The van der Waals surface area contributed by atoms with Gasteiger partial charge in [0.1, 0.15) is 0 Å². The first-order chi connectivity index (χ1) is 13.8. The lowest BCUT2D eigenvalue weighted by Crippen LogP contribution is -2.36. The van der Waals surface area contributed by atoms with Crippen LogP contribution in [0.25, 0.3) is 10.9 Å². The molecular weight excluding hydrogens is 383 g/mol. The van der Waals surface area contributed by atoms with E-state index in [4.69, 9.17) is 10.5 Å². The van der Waals surface area contributed by atoms with Crippen LogP contribution in [0.2, 0.25) is 0 Å². The van der Waals surface area contributed by atoms with Gasteiger partial charge in [0.15, 0.2) is 0 Å². The maximum atomic E-state index is 12.8. The Labute approximate surface area is 165 Å². The number of rotatable bonds is 3. The standard InChI is InChI=1S/C21H20F3N3O2/c22-21(23,24)15-3-1-14(2-4-15)12-27-13-18(25)20(28)17-6-5-16(11-19(17)27)26-7-9-29-10-8-26/h1-6,11,13H,7-10,12,25H2. The number of anilines is 2. The van der Waals surface area contributed by atoms with Crippen LogP contribution in [0.1, 0.15) is 11.1 Å². The number of hydrogen-bond acceptors (Lipinski definition) is 4. The average Bonchev–Trinajstić information content (AvgIpc) is 2.72. The van der Waals surface area contributed by atoms with Crippen molar-refractivity contribution in [2.24, 2.45) is 0 Å². The lowest BCUT2D eigenvalue weighted by molar-refractivity contribution is -0.137. The van der Waals surface area contributed by atoms with Crippen LogP contribution >= 0.6 is 0 Å². The molecule has 0 aliphatic carbocycles. The molecule has 1 aliphatic rings. The zero-order valence-corrected chi connectivity index (χ0v) is 15.6. The largest absolute Gasteiger partial charge is 0.416 e. The van der Waals surface area contributed by atoms with Crippen LogP contribution in [0, 0.1) is 0 Å². The minimum atomic E-state index is -4.37. The van der Waals surface area contributed by atoms with E-state index in [0.717, 1.165) is 30.9 Å². The first-order valence-corrected chi connectivity index (χ1v) is 9.24. The first kappa shape index (κ1) is 19.3. The van der Waals surface area contributed by atoms with Crippen LogP contribution < -0.4 is 16.1 Å². The summed E-state index contributed by atoms with van der Waals surface area (Å²) in [6.07, 6.45) is -2.83. The van der Waals surface area contributed by atoms with Gasteiger partial charge < -0.3 is 19.9 Å². The van der Waals surface area contributed by atoms with E-state index in [-0.39, 0.29) is 11.1 Å². The topological polar surface area (TPSA) is 60.5 Å². The number of morpholine rings is 1. The molecule has 0 amide bonds. The molecule has 0 radical (unpaired) electrons. The van der Waals surface area contributed by atoms with Gasteiger partial charge in [0.25, 0.3) is 0 Å². The fourth-order valence-corrected chi connectivity index (χ4v) is 3.55. The normalized spacial score (nSPS) is 15.1. The average molecular weight is 403 g/mol. The predicted octanol–water partition coefficient (Wildman–Crippen LogP) is 3.49. The highest BCUT2D eigenvalue weighted by molar-refractivity contribution is 5.85. The summed E-state index contributed by atoms with van der Waals surface area (Å²) < 4.78 is 45.6. The van der Waals surface area contributed by atoms with Gasteiger partial charge in [-0.25, -0.2) is 0 Å². The van der Waals surface area contributed by atoms with Gasteiger partial charge in [0.05, 0.1) is 30.0 Å². The van der Waals surface area contributed by atoms with Gasteiger partial charge in [-0.3, -0.25) is 4.79 Å². The maximum Gasteiger partial charge on any atom is 0.416 e. The van der Waals surface area contributed by atoms with Gasteiger partial charge in [0.2, 0.25) is 5.43 Å². The molecule has 0 atom stereocenters. The molecule has 1 aromatic heterocycles. The molecule has 29 heavy (non-hydrogen) atoms. The van der Waals surface area contributed by atoms with E-state index in [1.807, 2.05) is 12.1 Å². The SMILES string of the molecule is Nc1cn(Cc2ccc(C(F)(F)F)cc2)c2cc(N3CCOCC3)ccc2c1=O.